The highest BCUT2D eigenvalue weighted by molar-refractivity contribution is 5.84. The molecule has 1 fully saturated rings. The van der Waals surface area contributed by atoms with E-state index in [1.165, 1.54) is 6.07 Å². The Morgan fingerprint density at radius 2 is 1.91 bits per heavy atom. The lowest BCUT2D eigenvalue weighted by Crippen LogP contribution is -2.12. The van der Waals surface area contributed by atoms with Gasteiger partial charge in [0.05, 0.1) is 19.0 Å². The lowest BCUT2D eigenvalue weighted by Gasteiger charge is -2.13. The smallest absolute Gasteiger partial charge is 0.227 e. The zero-order chi connectivity index (χ0) is 21.9. The predicted molar refractivity (Wildman–Crippen MR) is 122 cm³/mol. The third-order valence-corrected chi connectivity index (χ3v) is 5.55. The monoisotopic (exact) mass is 433 g/mol. The van der Waals surface area contributed by atoms with Gasteiger partial charge in [0.25, 0.3) is 0 Å². The van der Waals surface area contributed by atoms with E-state index < -0.39 is 0 Å². The summed E-state index contributed by atoms with van der Waals surface area (Å²) in [5.41, 5.74) is 9.51. The first-order valence-corrected chi connectivity index (χ1v) is 10.6. The summed E-state index contributed by atoms with van der Waals surface area (Å²) in [6, 6.07) is 14.5. The molecule has 2 aromatic heterocycles. The molecule has 0 spiro atoms. The Bertz CT molecular complexity index is 1220. The van der Waals surface area contributed by atoms with E-state index in [9.17, 15) is 4.39 Å². The second-order valence-electron chi connectivity index (χ2n) is 7.78. The molecule has 2 aromatic carbocycles. The largest absolute Gasteiger partial charge is 0.399 e. The molecule has 32 heavy (non-hydrogen) atoms. The lowest BCUT2D eigenvalue weighted by molar-refractivity contribution is 0.187. The molecular formula is C23H24FN7O. The molecule has 1 saturated heterocycles. The Labute approximate surface area is 184 Å². The van der Waals surface area contributed by atoms with Crippen LogP contribution in [0.3, 0.4) is 0 Å². The molecule has 0 aliphatic carbocycles. The number of halogens is 1. The maximum Gasteiger partial charge on any atom is 0.227 e. The second kappa shape index (κ2) is 8.80. The van der Waals surface area contributed by atoms with Crippen LogP contribution in [-0.4, -0.2) is 32.7 Å². The third-order valence-electron chi connectivity index (χ3n) is 5.55. The van der Waals surface area contributed by atoms with Gasteiger partial charge in [-0.1, -0.05) is 30.3 Å². The van der Waals surface area contributed by atoms with Gasteiger partial charge >= 0.3 is 0 Å². The van der Waals surface area contributed by atoms with E-state index in [0.29, 0.717) is 41.6 Å². The van der Waals surface area contributed by atoms with Gasteiger partial charge in [0.2, 0.25) is 5.95 Å². The quantitative estimate of drug-likeness (QED) is 0.382. The van der Waals surface area contributed by atoms with Crippen LogP contribution in [0.2, 0.25) is 0 Å². The predicted octanol–water partition coefficient (Wildman–Crippen LogP) is 3.73. The highest BCUT2D eigenvalue weighted by atomic mass is 19.1. The summed E-state index contributed by atoms with van der Waals surface area (Å²) >= 11 is 0. The zero-order valence-electron chi connectivity index (χ0n) is 17.5. The molecule has 164 valence electrons. The Morgan fingerprint density at radius 3 is 2.69 bits per heavy atom. The maximum atomic E-state index is 14.1. The number of aromatic nitrogens is 4. The first-order valence-electron chi connectivity index (χ1n) is 10.6. The SMILES string of the molecule is Nc1ccc(CNc2nc(NCc3ccccc3F)nc3c2ncn3C2CCOC2)cc1. The molecule has 1 unspecified atom stereocenters. The Balaban J connectivity index is 1.45. The zero-order valence-corrected chi connectivity index (χ0v) is 17.5. The summed E-state index contributed by atoms with van der Waals surface area (Å²) in [7, 11) is 0. The van der Waals surface area contributed by atoms with Gasteiger partial charge in [-0.3, -0.25) is 0 Å². The first kappa shape index (κ1) is 20.2. The number of benzene rings is 2. The van der Waals surface area contributed by atoms with E-state index in [2.05, 4.69) is 20.6 Å². The van der Waals surface area contributed by atoms with Crippen molar-refractivity contribution in [1.29, 1.82) is 0 Å². The lowest BCUT2D eigenvalue weighted by atomic mass is 10.2. The van der Waals surface area contributed by atoms with Crippen molar-refractivity contribution in [1.82, 2.24) is 19.5 Å². The fourth-order valence-corrected chi connectivity index (χ4v) is 3.76. The van der Waals surface area contributed by atoms with Crippen LogP contribution in [0.15, 0.2) is 54.9 Å². The van der Waals surface area contributed by atoms with Crippen LogP contribution in [0.25, 0.3) is 11.2 Å². The average Bonchev–Trinajstić information content (AvgIpc) is 3.48. The number of hydrogen-bond acceptors (Lipinski definition) is 7. The van der Waals surface area contributed by atoms with Gasteiger partial charge in [-0.2, -0.15) is 9.97 Å². The number of anilines is 3. The van der Waals surface area contributed by atoms with Crippen molar-refractivity contribution in [3.05, 3.63) is 71.8 Å². The van der Waals surface area contributed by atoms with Crippen molar-refractivity contribution in [2.45, 2.75) is 25.6 Å². The van der Waals surface area contributed by atoms with E-state index in [0.717, 1.165) is 24.3 Å². The number of nitrogens with zero attached hydrogens (tertiary/aromatic N) is 4. The molecule has 1 aliphatic rings. The summed E-state index contributed by atoms with van der Waals surface area (Å²) in [4.78, 5) is 13.9. The topological polar surface area (TPSA) is 103 Å². The van der Waals surface area contributed by atoms with E-state index in [-0.39, 0.29) is 18.4 Å². The fourth-order valence-electron chi connectivity index (χ4n) is 3.76. The second-order valence-corrected chi connectivity index (χ2v) is 7.78. The number of imidazole rings is 1. The molecule has 0 saturated carbocycles. The minimum atomic E-state index is -0.268. The Kier molecular flexibility index (Phi) is 5.55. The van der Waals surface area contributed by atoms with Gasteiger partial charge in [0, 0.05) is 30.9 Å². The molecule has 1 aliphatic heterocycles. The average molecular weight is 433 g/mol. The molecule has 0 bridgehead atoms. The summed E-state index contributed by atoms with van der Waals surface area (Å²) in [6.45, 7) is 2.17. The molecule has 3 heterocycles. The van der Waals surface area contributed by atoms with Crippen LogP contribution in [0.4, 0.5) is 21.8 Å². The van der Waals surface area contributed by atoms with Gasteiger partial charge < -0.3 is 25.7 Å². The van der Waals surface area contributed by atoms with E-state index in [1.807, 2.05) is 28.8 Å². The minimum absolute atomic E-state index is 0.180. The van der Waals surface area contributed by atoms with Crippen LogP contribution in [0.1, 0.15) is 23.6 Å². The van der Waals surface area contributed by atoms with Crippen LogP contribution in [-0.2, 0) is 17.8 Å². The van der Waals surface area contributed by atoms with Gasteiger partial charge in [-0.25, -0.2) is 9.37 Å². The van der Waals surface area contributed by atoms with Gasteiger partial charge in [-0.15, -0.1) is 0 Å². The fraction of sp³-hybridized carbons (Fsp3) is 0.261. The standard InChI is InChI=1S/C23H24FN7O/c24-19-4-2-1-3-16(19)12-27-23-29-21(26-11-15-5-7-17(25)8-6-15)20-22(30-23)31(14-28-20)18-9-10-32-13-18/h1-8,14,18H,9-13,25H2,(H2,26,27,29,30). The number of nitrogens with one attached hydrogen (secondary N) is 2. The number of fused-ring (bicyclic) bond motifs is 1. The first-order chi connectivity index (χ1) is 15.7. The molecule has 8 nitrogen and oxygen atoms in total. The van der Waals surface area contributed by atoms with Gasteiger partial charge in [0.15, 0.2) is 17.0 Å². The maximum absolute atomic E-state index is 14.1. The van der Waals surface area contributed by atoms with Gasteiger partial charge in [0.1, 0.15) is 5.82 Å². The number of ether oxygens (including phenoxy) is 1. The van der Waals surface area contributed by atoms with Crippen molar-refractivity contribution >= 4 is 28.6 Å². The summed E-state index contributed by atoms with van der Waals surface area (Å²) in [5.74, 6) is 0.748. The molecule has 1 atom stereocenters. The molecule has 4 N–H and O–H groups in total. The van der Waals surface area contributed by atoms with Gasteiger partial charge in [-0.05, 0) is 30.2 Å². The van der Waals surface area contributed by atoms with Crippen LogP contribution in [0.5, 0.6) is 0 Å². The third kappa shape index (κ3) is 4.19. The number of rotatable bonds is 7. The number of nitrogens with two attached hydrogens (primary N) is 1. The summed E-state index contributed by atoms with van der Waals surface area (Å²) < 4.78 is 21.6. The molecule has 9 heteroatoms. The molecule has 0 amide bonds. The molecular weight excluding hydrogens is 409 g/mol. The van der Waals surface area contributed by atoms with Crippen molar-refractivity contribution in [3.8, 4) is 0 Å². The molecule has 4 aromatic rings. The number of nitrogen functional groups attached to an aromatic ring is 1. The summed E-state index contributed by atoms with van der Waals surface area (Å²) in [5, 5.41) is 6.52. The van der Waals surface area contributed by atoms with Crippen LogP contribution < -0.4 is 16.4 Å². The Hall–Kier alpha value is -3.72. The van der Waals surface area contributed by atoms with E-state index in [1.54, 1.807) is 24.5 Å². The van der Waals surface area contributed by atoms with Crippen molar-refractivity contribution in [3.63, 3.8) is 0 Å². The highest BCUT2D eigenvalue weighted by Gasteiger charge is 2.22. The molecule has 5 rings (SSSR count). The van der Waals surface area contributed by atoms with E-state index in [4.69, 9.17) is 15.5 Å². The van der Waals surface area contributed by atoms with Crippen molar-refractivity contribution in [2.24, 2.45) is 0 Å². The minimum Gasteiger partial charge on any atom is -0.399 e. The van der Waals surface area contributed by atoms with Crippen molar-refractivity contribution < 1.29 is 9.13 Å². The van der Waals surface area contributed by atoms with Crippen molar-refractivity contribution in [2.75, 3.05) is 29.6 Å². The normalized spacial score (nSPS) is 15.8. The highest BCUT2D eigenvalue weighted by Crippen LogP contribution is 2.27. The van der Waals surface area contributed by atoms with E-state index >= 15 is 0 Å². The number of hydrogen-bond donors (Lipinski definition) is 3. The van der Waals surface area contributed by atoms with Crippen LogP contribution in [0, 0.1) is 5.82 Å². The summed E-state index contributed by atoms with van der Waals surface area (Å²) in [6.07, 6.45) is 2.69. The Morgan fingerprint density at radius 1 is 1.06 bits per heavy atom. The molecule has 0 radical (unpaired) electrons. The van der Waals surface area contributed by atoms with Crippen LogP contribution >= 0.6 is 0 Å².